The Morgan fingerprint density at radius 2 is 2.00 bits per heavy atom. The average molecular weight is 423 g/mol. The van der Waals surface area contributed by atoms with Gasteiger partial charge in [0, 0.05) is 35.5 Å². The number of ether oxygens (including phenoxy) is 2. The van der Waals surface area contributed by atoms with Crippen LogP contribution in [0.15, 0.2) is 59.4 Å². The molecule has 4 heterocycles. The van der Waals surface area contributed by atoms with Crippen molar-refractivity contribution in [3.05, 3.63) is 66.4 Å². The Hall–Kier alpha value is -4.08. The van der Waals surface area contributed by atoms with Crippen LogP contribution in [-0.2, 0) is 6.61 Å². The van der Waals surface area contributed by atoms with Crippen LogP contribution in [0.5, 0.6) is 11.5 Å². The molecular formula is C21H15F2N5O3. The molecule has 10 heteroatoms. The molecule has 8 nitrogen and oxygen atoms in total. The molecule has 4 aromatic heterocycles. The highest BCUT2D eigenvalue weighted by Gasteiger charge is 2.12. The molecule has 0 bridgehead atoms. The number of benzene rings is 1. The summed E-state index contributed by atoms with van der Waals surface area (Å²) in [5.41, 5.74) is 2.75. The second kappa shape index (κ2) is 7.63. The lowest BCUT2D eigenvalue weighted by Crippen LogP contribution is -2.03. The zero-order chi connectivity index (χ0) is 21.4. The van der Waals surface area contributed by atoms with Crippen molar-refractivity contribution in [2.75, 3.05) is 0 Å². The molecule has 0 radical (unpaired) electrons. The van der Waals surface area contributed by atoms with Crippen molar-refractivity contribution in [3.8, 4) is 22.8 Å². The number of rotatable bonds is 6. The van der Waals surface area contributed by atoms with Crippen LogP contribution in [0.4, 0.5) is 8.78 Å². The van der Waals surface area contributed by atoms with Crippen molar-refractivity contribution in [3.63, 3.8) is 0 Å². The van der Waals surface area contributed by atoms with Gasteiger partial charge in [0.1, 0.15) is 18.1 Å². The summed E-state index contributed by atoms with van der Waals surface area (Å²) < 4.78 is 42.4. The largest absolute Gasteiger partial charge is 0.485 e. The van der Waals surface area contributed by atoms with Gasteiger partial charge in [-0.05, 0) is 37.3 Å². The minimum absolute atomic E-state index is 0.0331. The molecule has 5 rings (SSSR count). The van der Waals surface area contributed by atoms with Gasteiger partial charge in [0.25, 0.3) is 0 Å². The highest BCUT2D eigenvalue weighted by Crippen LogP contribution is 2.28. The Bertz CT molecular complexity index is 1380. The van der Waals surface area contributed by atoms with Gasteiger partial charge >= 0.3 is 6.61 Å². The van der Waals surface area contributed by atoms with Crippen LogP contribution in [0.3, 0.4) is 0 Å². The number of aryl methyl sites for hydroxylation is 1. The van der Waals surface area contributed by atoms with E-state index in [0.717, 1.165) is 11.3 Å². The van der Waals surface area contributed by atoms with E-state index < -0.39 is 6.61 Å². The third-order valence-electron chi connectivity index (χ3n) is 4.64. The van der Waals surface area contributed by atoms with E-state index in [0.29, 0.717) is 33.9 Å². The van der Waals surface area contributed by atoms with E-state index in [1.54, 1.807) is 12.1 Å². The molecule has 5 aromatic rings. The molecule has 156 valence electrons. The summed E-state index contributed by atoms with van der Waals surface area (Å²) >= 11 is 0. The van der Waals surface area contributed by atoms with Crippen LogP contribution >= 0.6 is 0 Å². The Kier molecular flexibility index (Phi) is 4.66. The van der Waals surface area contributed by atoms with Crippen LogP contribution in [-0.4, -0.2) is 31.4 Å². The van der Waals surface area contributed by atoms with Crippen LogP contribution in [0.2, 0.25) is 0 Å². The second-order valence-corrected chi connectivity index (χ2v) is 6.75. The molecule has 0 aliphatic rings. The van der Waals surface area contributed by atoms with Crippen LogP contribution in [0.25, 0.3) is 27.9 Å². The normalized spacial score (nSPS) is 11.5. The summed E-state index contributed by atoms with van der Waals surface area (Å²) in [6.07, 6.45) is 3.39. The Morgan fingerprint density at radius 1 is 1.10 bits per heavy atom. The van der Waals surface area contributed by atoms with Gasteiger partial charge in [0.05, 0.1) is 11.2 Å². The highest BCUT2D eigenvalue weighted by molar-refractivity contribution is 5.85. The molecule has 0 atom stereocenters. The van der Waals surface area contributed by atoms with E-state index in [1.165, 1.54) is 18.3 Å². The van der Waals surface area contributed by atoms with Crippen LogP contribution < -0.4 is 9.47 Å². The molecule has 0 amide bonds. The van der Waals surface area contributed by atoms with E-state index in [9.17, 15) is 8.78 Å². The average Bonchev–Trinajstić information content (AvgIpc) is 3.37. The zero-order valence-corrected chi connectivity index (χ0v) is 16.2. The molecule has 0 aliphatic heterocycles. The summed E-state index contributed by atoms with van der Waals surface area (Å²) in [6.45, 7) is -0.913. The molecule has 0 saturated heterocycles. The summed E-state index contributed by atoms with van der Waals surface area (Å²) in [5.74, 6) is 1.79. The zero-order valence-electron chi connectivity index (χ0n) is 16.2. The number of aromatic nitrogens is 5. The molecule has 0 spiro atoms. The van der Waals surface area contributed by atoms with Crippen molar-refractivity contribution in [1.29, 1.82) is 0 Å². The van der Waals surface area contributed by atoms with Gasteiger partial charge in [-0.15, -0.1) is 10.2 Å². The molecule has 0 fully saturated rings. The fourth-order valence-corrected chi connectivity index (χ4v) is 3.23. The topological polar surface area (TPSA) is 87.6 Å². The van der Waals surface area contributed by atoms with Gasteiger partial charge < -0.3 is 14.0 Å². The van der Waals surface area contributed by atoms with E-state index in [4.69, 9.17) is 9.26 Å². The Labute approximate surface area is 174 Å². The smallest absolute Gasteiger partial charge is 0.387 e. The molecule has 0 saturated carbocycles. The number of hydrogen-bond donors (Lipinski definition) is 0. The standard InChI is InChI=1S/C21H15F2N5O3/c1-12-8-18(31-27-12)13-2-5-19-25-26-20(28(19)10-13)11-29-17-6-7-24-16-9-14(30-21(22)23)3-4-15(16)17/h2-10,21H,11H2,1H3. The van der Waals surface area contributed by atoms with E-state index >= 15 is 0 Å². The third kappa shape index (κ3) is 3.75. The quantitative estimate of drug-likeness (QED) is 0.399. The Morgan fingerprint density at radius 3 is 2.81 bits per heavy atom. The highest BCUT2D eigenvalue weighted by atomic mass is 19.3. The van der Waals surface area contributed by atoms with Crippen LogP contribution in [0, 0.1) is 6.92 Å². The summed E-state index contributed by atoms with van der Waals surface area (Å²) in [7, 11) is 0. The summed E-state index contributed by atoms with van der Waals surface area (Å²) in [4.78, 5) is 4.20. The first-order chi connectivity index (χ1) is 15.1. The molecular weight excluding hydrogens is 408 g/mol. The fourth-order valence-electron chi connectivity index (χ4n) is 3.23. The van der Waals surface area contributed by atoms with Gasteiger partial charge in [-0.1, -0.05) is 5.16 Å². The molecule has 31 heavy (non-hydrogen) atoms. The minimum Gasteiger partial charge on any atom is -0.485 e. The van der Waals surface area contributed by atoms with Crippen molar-refractivity contribution >= 4 is 16.6 Å². The molecule has 0 aliphatic carbocycles. The fraction of sp³-hybridized carbons (Fsp3) is 0.143. The first kappa shape index (κ1) is 18.9. The lowest BCUT2D eigenvalue weighted by atomic mass is 10.2. The molecule has 1 aromatic carbocycles. The number of halogens is 2. The van der Waals surface area contributed by atoms with Crippen molar-refractivity contribution in [1.82, 2.24) is 24.7 Å². The van der Waals surface area contributed by atoms with Gasteiger partial charge in [-0.25, -0.2) is 0 Å². The lowest BCUT2D eigenvalue weighted by molar-refractivity contribution is -0.0497. The van der Waals surface area contributed by atoms with Gasteiger partial charge in [0.15, 0.2) is 17.2 Å². The SMILES string of the molecule is Cc1cc(-c2ccc3nnc(COc4ccnc5cc(OC(F)F)ccc45)n3c2)on1. The van der Waals surface area contributed by atoms with E-state index in [1.807, 2.05) is 35.7 Å². The predicted octanol–water partition coefficient (Wildman–Crippen LogP) is 4.42. The summed E-state index contributed by atoms with van der Waals surface area (Å²) in [6, 6.07) is 11.8. The number of fused-ring (bicyclic) bond motifs is 2. The third-order valence-corrected chi connectivity index (χ3v) is 4.64. The molecule has 0 N–H and O–H groups in total. The summed E-state index contributed by atoms with van der Waals surface area (Å²) in [5, 5.41) is 12.9. The van der Waals surface area contributed by atoms with Crippen molar-refractivity contribution in [2.24, 2.45) is 0 Å². The minimum atomic E-state index is -2.90. The maximum absolute atomic E-state index is 12.5. The number of nitrogens with zero attached hydrogens (tertiary/aromatic N) is 5. The Balaban J connectivity index is 1.42. The van der Waals surface area contributed by atoms with E-state index in [-0.39, 0.29) is 12.4 Å². The van der Waals surface area contributed by atoms with E-state index in [2.05, 4.69) is 25.1 Å². The number of alkyl halides is 2. The van der Waals surface area contributed by atoms with Crippen molar-refractivity contribution < 1.29 is 22.8 Å². The van der Waals surface area contributed by atoms with Gasteiger partial charge in [0.2, 0.25) is 0 Å². The van der Waals surface area contributed by atoms with Gasteiger partial charge in [-0.3, -0.25) is 9.38 Å². The predicted molar refractivity (Wildman–Crippen MR) is 106 cm³/mol. The van der Waals surface area contributed by atoms with Crippen molar-refractivity contribution in [2.45, 2.75) is 20.1 Å². The maximum atomic E-state index is 12.5. The first-order valence-electron chi connectivity index (χ1n) is 9.30. The second-order valence-electron chi connectivity index (χ2n) is 6.75. The lowest BCUT2D eigenvalue weighted by Gasteiger charge is -2.10. The monoisotopic (exact) mass is 423 g/mol. The number of hydrogen-bond acceptors (Lipinski definition) is 7. The molecule has 0 unspecified atom stereocenters. The van der Waals surface area contributed by atoms with Gasteiger partial charge in [-0.2, -0.15) is 8.78 Å². The first-order valence-corrected chi connectivity index (χ1v) is 9.30. The maximum Gasteiger partial charge on any atom is 0.387 e. The van der Waals surface area contributed by atoms with Crippen LogP contribution in [0.1, 0.15) is 11.5 Å². The number of pyridine rings is 2.